The highest BCUT2D eigenvalue weighted by molar-refractivity contribution is 6.30. The fourth-order valence-electron chi connectivity index (χ4n) is 3.21. The van der Waals surface area contributed by atoms with Crippen LogP contribution in [-0.2, 0) is 11.2 Å². The monoisotopic (exact) mass is 428 g/mol. The van der Waals surface area contributed by atoms with Crippen LogP contribution in [0.2, 0.25) is 5.02 Å². The van der Waals surface area contributed by atoms with Crippen LogP contribution in [0.1, 0.15) is 16.7 Å². The van der Waals surface area contributed by atoms with E-state index in [4.69, 9.17) is 16.7 Å². The van der Waals surface area contributed by atoms with E-state index in [9.17, 15) is 4.79 Å². The van der Waals surface area contributed by atoms with E-state index in [1.807, 2.05) is 78.5 Å². The summed E-state index contributed by atoms with van der Waals surface area (Å²) in [6.45, 7) is 2.04. The molecule has 4 aromatic rings. The summed E-state index contributed by atoms with van der Waals surface area (Å²) in [7, 11) is 0. The van der Waals surface area contributed by atoms with Crippen LogP contribution < -0.4 is 5.43 Å². The van der Waals surface area contributed by atoms with E-state index in [1.165, 1.54) is 0 Å². The minimum atomic E-state index is -0.203. The van der Waals surface area contributed by atoms with Crippen molar-refractivity contribution in [3.8, 4) is 16.9 Å². The van der Waals surface area contributed by atoms with Gasteiger partial charge in [0.1, 0.15) is 5.69 Å². The molecule has 1 amide bonds. The molecule has 0 aliphatic heterocycles. The van der Waals surface area contributed by atoms with Crippen molar-refractivity contribution in [3.05, 3.63) is 107 Å². The van der Waals surface area contributed by atoms with Gasteiger partial charge < -0.3 is 0 Å². The Balaban J connectivity index is 1.56. The van der Waals surface area contributed by atoms with Crippen molar-refractivity contribution in [2.24, 2.45) is 5.10 Å². The molecule has 0 atom stereocenters. The molecule has 0 aliphatic rings. The summed E-state index contributed by atoms with van der Waals surface area (Å²) in [5.74, 6) is -0.203. The first-order valence-corrected chi connectivity index (χ1v) is 10.2. The molecule has 0 bridgehead atoms. The smallest absolute Gasteiger partial charge is 0.244 e. The third kappa shape index (κ3) is 5.27. The minimum absolute atomic E-state index is 0.203. The molecule has 4 rings (SSSR count). The number of aromatic nitrogens is 2. The molecule has 0 fully saturated rings. The number of carbonyl (C=O) groups excluding carboxylic acids is 1. The zero-order valence-corrected chi connectivity index (χ0v) is 17.8. The lowest BCUT2D eigenvalue weighted by Gasteiger charge is -2.02. The predicted octanol–water partition coefficient (Wildman–Crippen LogP) is 5.19. The number of rotatable bonds is 6. The number of aryl methyl sites for hydroxylation is 1. The van der Waals surface area contributed by atoms with Crippen LogP contribution in [0.25, 0.3) is 16.9 Å². The summed E-state index contributed by atoms with van der Waals surface area (Å²) in [5, 5.41) is 9.57. The van der Waals surface area contributed by atoms with Gasteiger partial charge in [-0.3, -0.25) is 4.79 Å². The predicted molar refractivity (Wildman–Crippen MR) is 125 cm³/mol. The molecule has 154 valence electrons. The van der Waals surface area contributed by atoms with Gasteiger partial charge in [-0.2, -0.15) is 10.2 Å². The Labute approximate surface area is 186 Å². The number of hydrogen-bond donors (Lipinski definition) is 1. The lowest BCUT2D eigenvalue weighted by Crippen LogP contribution is -2.19. The minimum Gasteiger partial charge on any atom is -0.273 e. The largest absolute Gasteiger partial charge is 0.273 e. The number of hydrogen-bond acceptors (Lipinski definition) is 3. The summed E-state index contributed by atoms with van der Waals surface area (Å²) in [6, 6.07) is 25.2. The van der Waals surface area contributed by atoms with E-state index in [-0.39, 0.29) is 12.3 Å². The SMILES string of the molecule is Cc1cccc(-c2nn(-c3ccccc3)cc2/C=N/NC(=O)Cc2ccc(Cl)cc2)c1. The lowest BCUT2D eigenvalue weighted by atomic mass is 10.1. The van der Waals surface area contributed by atoms with Crippen molar-refractivity contribution < 1.29 is 4.79 Å². The molecule has 1 heterocycles. The molecule has 0 radical (unpaired) electrons. The number of halogens is 1. The van der Waals surface area contributed by atoms with E-state index in [0.29, 0.717) is 5.02 Å². The summed E-state index contributed by atoms with van der Waals surface area (Å²) in [6.07, 6.45) is 3.76. The summed E-state index contributed by atoms with van der Waals surface area (Å²) >= 11 is 5.89. The van der Waals surface area contributed by atoms with Crippen LogP contribution in [0.4, 0.5) is 0 Å². The Bertz CT molecular complexity index is 1210. The molecule has 0 saturated carbocycles. The molecule has 6 heteroatoms. The Morgan fingerprint density at radius 1 is 1.06 bits per heavy atom. The lowest BCUT2D eigenvalue weighted by molar-refractivity contribution is -0.120. The van der Waals surface area contributed by atoms with Gasteiger partial charge in [-0.05, 0) is 42.8 Å². The third-order valence-electron chi connectivity index (χ3n) is 4.73. The van der Waals surface area contributed by atoms with Crippen LogP contribution in [0.5, 0.6) is 0 Å². The quantitative estimate of drug-likeness (QED) is 0.339. The second-order valence-corrected chi connectivity index (χ2v) is 7.62. The van der Waals surface area contributed by atoms with E-state index in [1.54, 1.807) is 18.3 Å². The molecular formula is C25H21ClN4O. The van der Waals surface area contributed by atoms with Gasteiger partial charge in [-0.25, -0.2) is 10.1 Å². The molecule has 0 aliphatic carbocycles. The van der Waals surface area contributed by atoms with Crippen LogP contribution in [-0.4, -0.2) is 21.9 Å². The number of nitrogens with one attached hydrogen (secondary N) is 1. The Morgan fingerprint density at radius 2 is 1.84 bits per heavy atom. The van der Waals surface area contributed by atoms with Crippen molar-refractivity contribution >= 4 is 23.7 Å². The van der Waals surface area contributed by atoms with Gasteiger partial charge in [0.15, 0.2) is 0 Å². The van der Waals surface area contributed by atoms with E-state index in [2.05, 4.69) is 16.6 Å². The average Bonchev–Trinajstić information content (AvgIpc) is 3.20. The van der Waals surface area contributed by atoms with Crippen molar-refractivity contribution in [1.29, 1.82) is 0 Å². The standard InChI is InChI=1S/C25H21ClN4O/c1-18-6-5-7-20(14-18)25-21(17-30(29-25)23-8-3-2-4-9-23)16-27-28-24(31)15-19-10-12-22(26)13-11-19/h2-14,16-17H,15H2,1H3,(H,28,31)/b27-16+. The van der Waals surface area contributed by atoms with Gasteiger partial charge in [0.05, 0.1) is 18.3 Å². The fourth-order valence-corrected chi connectivity index (χ4v) is 3.34. The normalized spacial score (nSPS) is 11.0. The van der Waals surface area contributed by atoms with E-state index >= 15 is 0 Å². The molecular weight excluding hydrogens is 408 g/mol. The number of nitrogens with zero attached hydrogens (tertiary/aromatic N) is 3. The zero-order chi connectivity index (χ0) is 21.6. The average molecular weight is 429 g/mol. The van der Waals surface area contributed by atoms with Crippen LogP contribution in [0, 0.1) is 6.92 Å². The highest BCUT2D eigenvalue weighted by atomic mass is 35.5. The first-order valence-electron chi connectivity index (χ1n) is 9.87. The Hall–Kier alpha value is -3.70. The second kappa shape index (κ2) is 9.41. The summed E-state index contributed by atoms with van der Waals surface area (Å²) < 4.78 is 1.81. The molecule has 3 aromatic carbocycles. The molecule has 0 saturated heterocycles. The molecule has 0 unspecified atom stereocenters. The number of carbonyl (C=O) groups is 1. The first kappa shape index (κ1) is 20.6. The van der Waals surface area contributed by atoms with Gasteiger partial charge >= 0.3 is 0 Å². The van der Waals surface area contributed by atoms with Crippen molar-refractivity contribution in [3.63, 3.8) is 0 Å². The third-order valence-corrected chi connectivity index (χ3v) is 4.98. The summed E-state index contributed by atoms with van der Waals surface area (Å²) in [4.78, 5) is 12.2. The van der Waals surface area contributed by atoms with Crippen LogP contribution in [0.3, 0.4) is 0 Å². The zero-order valence-electron chi connectivity index (χ0n) is 17.0. The Kier molecular flexibility index (Phi) is 6.24. The van der Waals surface area contributed by atoms with Crippen LogP contribution in [0.15, 0.2) is 90.2 Å². The van der Waals surface area contributed by atoms with Gasteiger partial charge in [0, 0.05) is 22.3 Å². The fraction of sp³-hybridized carbons (Fsp3) is 0.0800. The van der Waals surface area contributed by atoms with E-state index < -0.39 is 0 Å². The van der Waals surface area contributed by atoms with Crippen molar-refractivity contribution in [1.82, 2.24) is 15.2 Å². The molecule has 5 nitrogen and oxygen atoms in total. The first-order chi connectivity index (χ1) is 15.1. The van der Waals surface area contributed by atoms with Crippen molar-refractivity contribution in [2.75, 3.05) is 0 Å². The maximum absolute atomic E-state index is 12.2. The molecule has 1 N–H and O–H groups in total. The maximum Gasteiger partial charge on any atom is 0.244 e. The molecule has 31 heavy (non-hydrogen) atoms. The van der Waals surface area contributed by atoms with E-state index in [0.717, 1.165) is 33.6 Å². The molecule has 0 spiro atoms. The van der Waals surface area contributed by atoms with Gasteiger partial charge in [-0.15, -0.1) is 0 Å². The van der Waals surface area contributed by atoms with Gasteiger partial charge in [0.2, 0.25) is 5.91 Å². The maximum atomic E-state index is 12.2. The number of hydrazone groups is 1. The number of para-hydroxylation sites is 1. The summed E-state index contributed by atoms with van der Waals surface area (Å²) in [5.41, 5.74) is 8.15. The topological polar surface area (TPSA) is 59.3 Å². The Morgan fingerprint density at radius 3 is 2.58 bits per heavy atom. The van der Waals surface area contributed by atoms with Gasteiger partial charge in [0.25, 0.3) is 0 Å². The molecule has 1 aromatic heterocycles. The van der Waals surface area contributed by atoms with Crippen LogP contribution >= 0.6 is 11.6 Å². The number of benzene rings is 3. The van der Waals surface area contributed by atoms with Gasteiger partial charge in [-0.1, -0.05) is 65.7 Å². The highest BCUT2D eigenvalue weighted by Crippen LogP contribution is 2.23. The number of amides is 1. The highest BCUT2D eigenvalue weighted by Gasteiger charge is 2.11. The van der Waals surface area contributed by atoms with Crippen molar-refractivity contribution in [2.45, 2.75) is 13.3 Å². The second-order valence-electron chi connectivity index (χ2n) is 7.18.